The van der Waals surface area contributed by atoms with Crippen LogP contribution < -0.4 is 0 Å². The monoisotopic (exact) mass is 265 g/mol. The molecule has 0 spiro atoms. The summed E-state index contributed by atoms with van der Waals surface area (Å²) in [5.74, 6) is -3.35. The van der Waals surface area contributed by atoms with Gasteiger partial charge in [0.05, 0.1) is 18.3 Å². The predicted molar refractivity (Wildman–Crippen MR) is 63.9 cm³/mol. The van der Waals surface area contributed by atoms with E-state index >= 15 is 0 Å². The summed E-state index contributed by atoms with van der Waals surface area (Å²) in [5, 5.41) is 11.2. The zero-order valence-electron chi connectivity index (χ0n) is 10.2. The van der Waals surface area contributed by atoms with E-state index in [2.05, 4.69) is 9.91 Å². The lowest BCUT2D eigenvalue weighted by Crippen LogP contribution is -2.26. The number of nitrogens with zero attached hydrogens (tertiary/aromatic N) is 1. The largest absolute Gasteiger partial charge is 0.478 e. The van der Waals surface area contributed by atoms with Gasteiger partial charge in [-0.2, -0.15) is 0 Å². The van der Waals surface area contributed by atoms with Crippen molar-refractivity contribution in [3.8, 4) is 0 Å². The van der Waals surface area contributed by atoms with Gasteiger partial charge in [0.15, 0.2) is 0 Å². The number of carboxylic acids is 1. The van der Waals surface area contributed by atoms with Crippen molar-refractivity contribution in [3.63, 3.8) is 0 Å². The van der Waals surface area contributed by atoms with Crippen molar-refractivity contribution in [1.29, 1.82) is 0 Å². The van der Waals surface area contributed by atoms with Crippen molar-refractivity contribution in [3.05, 3.63) is 40.4 Å². The van der Waals surface area contributed by atoms with E-state index in [-0.39, 0.29) is 0 Å². The molecule has 1 amide bonds. The van der Waals surface area contributed by atoms with Crippen molar-refractivity contribution in [2.75, 3.05) is 7.11 Å². The van der Waals surface area contributed by atoms with Crippen LogP contribution in [0.15, 0.2) is 40.6 Å². The number of nitroso groups, excluding NO2 is 1. The number of amides is 1. The van der Waals surface area contributed by atoms with Gasteiger partial charge in [0, 0.05) is 5.18 Å². The van der Waals surface area contributed by atoms with Crippen molar-refractivity contribution in [1.82, 2.24) is 0 Å². The highest BCUT2D eigenvalue weighted by molar-refractivity contribution is 6.09. The molecule has 1 unspecified atom stereocenters. The topological polar surface area (TPSA) is 110 Å². The van der Waals surface area contributed by atoms with Crippen molar-refractivity contribution >= 4 is 17.8 Å². The van der Waals surface area contributed by atoms with Crippen molar-refractivity contribution in [2.24, 2.45) is 10.6 Å². The van der Waals surface area contributed by atoms with Gasteiger partial charge in [-0.25, -0.2) is 4.79 Å². The summed E-state index contributed by atoms with van der Waals surface area (Å²) in [7, 11) is 1.16. The van der Waals surface area contributed by atoms with Gasteiger partial charge in [0.1, 0.15) is 5.41 Å². The molecule has 1 rings (SSSR count). The molecular formula is C12H11NO6. The fourth-order valence-corrected chi connectivity index (χ4v) is 1.62. The smallest absolute Gasteiger partial charge is 0.336 e. The Labute approximate surface area is 108 Å². The molecule has 1 N–H and O–H groups in total. The molecule has 0 aromatic carbocycles. The van der Waals surface area contributed by atoms with Crippen LogP contribution in [0, 0.1) is 10.3 Å². The summed E-state index contributed by atoms with van der Waals surface area (Å²) in [6.07, 6.45) is 4.85. The first-order valence-electron chi connectivity index (χ1n) is 5.18. The molecule has 100 valence electrons. The highest BCUT2D eigenvalue weighted by Crippen LogP contribution is 2.30. The van der Waals surface area contributed by atoms with E-state index in [0.717, 1.165) is 19.3 Å². The lowest BCUT2D eigenvalue weighted by molar-refractivity contribution is -0.146. The highest BCUT2D eigenvalue weighted by atomic mass is 16.5. The minimum Gasteiger partial charge on any atom is -0.478 e. The number of esters is 1. The maximum absolute atomic E-state index is 11.7. The summed E-state index contributed by atoms with van der Waals surface area (Å²) in [6.45, 7) is 1.42. The molecule has 0 fully saturated rings. The van der Waals surface area contributed by atoms with Crippen molar-refractivity contribution < 1.29 is 24.2 Å². The number of carboxylic acid groups (broad SMARTS) is 1. The third kappa shape index (κ3) is 2.82. The Kier molecular flexibility index (Phi) is 4.11. The van der Waals surface area contributed by atoms with E-state index in [9.17, 15) is 19.3 Å². The summed E-state index contributed by atoms with van der Waals surface area (Å²) >= 11 is 0. The fraction of sp³-hybridized carbons (Fsp3) is 0.250. The van der Waals surface area contributed by atoms with E-state index in [1.54, 1.807) is 0 Å². The van der Waals surface area contributed by atoms with E-state index in [0.29, 0.717) is 0 Å². The Morgan fingerprint density at radius 2 is 1.95 bits per heavy atom. The Morgan fingerprint density at radius 1 is 1.32 bits per heavy atom. The minimum absolute atomic E-state index is 0.409. The van der Waals surface area contributed by atoms with Gasteiger partial charge in [-0.3, -0.25) is 9.59 Å². The number of aliphatic carboxylic acids is 1. The lowest BCUT2D eigenvalue weighted by Gasteiger charge is -2.18. The zero-order valence-corrected chi connectivity index (χ0v) is 10.2. The average Bonchev–Trinajstić information content (AvgIpc) is 2.57. The first-order chi connectivity index (χ1) is 8.85. The molecule has 7 heteroatoms. The molecule has 0 heterocycles. The van der Waals surface area contributed by atoms with Crippen molar-refractivity contribution in [2.45, 2.75) is 6.92 Å². The number of ether oxygens (including phenoxy) is 1. The molecule has 0 bridgehead atoms. The molecule has 1 aliphatic rings. The van der Waals surface area contributed by atoms with Gasteiger partial charge in [0.2, 0.25) is 0 Å². The molecular weight excluding hydrogens is 254 g/mol. The second-order valence-electron chi connectivity index (χ2n) is 3.97. The van der Waals surface area contributed by atoms with Gasteiger partial charge in [0.25, 0.3) is 0 Å². The second kappa shape index (κ2) is 5.38. The van der Waals surface area contributed by atoms with E-state index in [4.69, 9.17) is 5.11 Å². The number of carbonyl (C=O) groups excluding carboxylic acids is 2. The normalized spacial score (nSPS) is 21.8. The fourth-order valence-electron chi connectivity index (χ4n) is 1.62. The number of hydrogen-bond donors (Lipinski definition) is 1. The van der Waals surface area contributed by atoms with Crippen LogP contribution in [0.4, 0.5) is 0 Å². The van der Waals surface area contributed by atoms with Crippen LogP contribution in [0.25, 0.3) is 0 Å². The van der Waals surface area contributed by atoms with Crippen LogP contribution in [0.5, 0.6) is 0 Å². The lowest BCUT2D eigenvalue weighted by atomic mass is 9.87. The zero-order chi connectivity index (χ0) is 14.6. The summed E-state index contributed by atoms with van der Waals surface area (Å²) in [4.78, 5) is 44.4. The molecule has 7 nitrogen and oxygen atoms in total. The minimum atomic E-state index is -1.40. The molecule has 0 aromatic heterocycles. The third-order valence-corrected chi connectivity index (χ3v) is 2.61. The number of hydrogen-bond acceptors (Lipinski definition) is 5. The number of rotatable bonds is 3. The molecule has 19 heavy (non-hydrogen) atoms. The highest BCUT2D eigenvalue weighted by Gasteiger charge is 2.34. The molecule has 0 saturated heterocycles. The number of allylic oxidation sites excluding steroid dienone is 2. The van der Waals surface area contributed by atoms with Crippen LogP contribution in [0.3, 0.4) is 0 Å². The number of carbonyl (C=O) groups is 3. The van der Waals surface area contributed by atoms with Crippen LogP contribution in [-0.4, -0.2) is 30.1 Å². The standard InChI is InChI=1S/C12H11NO6/c1-12(11(17)19-2)5-3-4-7(10(15)16)8(6-12)9(14)13-18/h3-6H,1-2H3,(H,15,16). The van der Waals surface area contributed by atoms with E-state index < -0.39 is 34.4 Å². The van der Waals surface area contributed by atoms with Gasteiger partial charge in [-0.05, 0) is 19.1 Å². The Morgan fingerprint density at radius 3 is 2.42 bits per heavy atom. The molecule has 1 aliphatic carbocycles. The molecule has 0 saturated carbocycles. The third-order valence-electron chi connectivity index (χ3n) is 2.61. The predicted octanol–water partition coefficient (Wildman–Crippen LogP) is 0.966. The van der Waals surface area contributed by atoms with Gasteiger partial charge in [-0.1, -0.05) is 12.2 Å². The number of methoxy groups -OCH3 is 1. The summed E-state index contributed by atoms with van der Waals surface area (Å²) in [5.41, 5.74) is -2.20. The summed E-state index contributed by atoms with van der Waals surface area (Å²) in [6, 6.07) is 0. The molecule has 0 aromatic rings. The van der Waals surface area contributed by atoms with E-state index in [1.165, 1.54) is 19.1 Å². The van der Waals surface area contributed by atoms with Crippen LogP contribution in [0.1, 0.15) is 6.92 Å². The Bertz CT molecular complexity index is 542. The Balaban J connectivity index is 3.44. The quantitative estimate of drug-likeness (QED) is 0.601. The van der Waals surface area contributed by atoms with Crippen LogP contribution in [-0.2, 0) is 19.1 Å². The molecule has 0 radical (unpaired) electrons. The van der Waals surface area contributed by atoms with Gasteiger partial charge >= 0.3 is 17.8 Å². The Hall–Kier alpha value is -2.57. The molecule has 1 atom stereocenters. The average molecular weight is 265 g/mol. The van der Waals surface area contributed by atoms with E-state index in [1.807, 2.05) is 0 Å². The first-order valence-corrected chi connectivity index (χ1v) is 5.18. The maximum atomic E-state index is 11.7. The van der Waals surface area contributed by atoms with Crippen LogP contribution >= 0.6 is 0 Å². The van der Waals surface area contributed by atoms with Gasteiger partial charge in [-0.15, -0.1) is 4.91 Å². The second-order valence-corrected chi connectivity index (χ2v) is 3.97. The summed E-state index contributed by atoms with van der Waals surface area (Å²) < 4.78 is 4.58. The molecule has 0 aliphatic heterocycles. The SMILES string of the molecule is COC(=O)C1(C)C=CC=C(C(=O)O)C(C(=O)N=O)=C1. The maximum Gasteiger partial charge on any atom is 0.336 e. The first kappa shape index (κ1) is 14.5. The van der Waals surface area contributed by atoms with Crippen LogP contribution in [0.2, 0.25) is 0 Å². The van der Waals surface area contributed by atoms with Gasteiger partial charge < -0.3 is 9.84 Å².